The van der Waals surface area contributed by atoms with Gasteiger partial charge in [-0.15, -0.1) is 11.3 Å². The Labute approximate surface area is 133 Å². The Bertz CT molecular complexity index is 471. The van der Waals surface area contributed by atoms with E-state index >= 15 is 0 Å². The monoisotopic (exact) mass is 306 g/mol. The summed E-state index contributed by atoms with van der Waals surface area (Å²) >= 11 is 1.93. The largest absolute Gasteiger partial charge is 0.329 e. The van der Waals surface area contributed by atoms with Crippen LogP contribution in [0, 0.1) is 11.8 Å². The van der Waals surface area contributed by atoms with Crippen LogP contribution in [-0.2, 0) is 6.42 Å². The summed E-state index contributed by atoms with van der Waals surface area (Å²) in [6, 6.07) is 2.87. The molecule has 118 valence electrons. The first kappa shape index (κ1) is 15.5. The van der Waals surface area contributed by atoms with Crippen LogP contribution < -0.4 is 5.73 Å². The predicted molar refractivity (Wildman–Crippen MR) is 91.7 cm³/mol. The summed E-state index contributed by atoms with van der Waals surface area (Å²) in [5.74, 6) is 1.73. The SMILES string of the molecule is CC(C)C1CCC(CN)(N2CCc3sccc3C2C)CC1. The van der Waals surface area contributed by atoms with Gasteiger partial charge in [-0.3, -0.25) is 4.90 Å². The molecule has 1 saturated carbocycles. The predicted octanol–water partition coefficient (Wildman–Crippen LogP) is 4.21. The Morgan fingerprint density at radius 1 is 1.38 bits per heavy atom. The Morgan fingerprint density at radius 3 is 2.71 bits per heavy atom. The van der Waals surface area contributed by atoms with Gasteiger partial charge in [0.05, 0.1) is 0 Å². The van der Waals surface area contributed by atoms with E-state index in [1.54, 1.807) is 10.4 Å². The van der Waals surface area contributed by atoms with Crippen molar-refractivity contribution in [3.05, 3.63) is 21.9 Å². The maximum Gasteiger partial charge on any atom is 0.0338 e. The third-order valence-corrected chi connectivity index (χ3v) is 7.17. The van der Waals surface area contributed by atoms with Gasteiger partial charge in [-0.2, -0.15) is 0 Å². The Morgan fingerprint density at radius 2 is 2.10 bits per heavy atom. The van der Waals surface area contributed by atoms with Gasteiger partial charge in [0, 0.05) is 29.5 Å². The van der Waals surface area contributed by atoms with Crippen LogP contribution in [0.15, 0.2) is 11.4 Å². The molecule has 1 fully saturated rings. The summed E-state index contributed by atoms with van der Waals surface area (Å²) in [6.45, 7) is 9.15. The molecule has 1 aromatic heterocycles. The lowest BCUT2D eigenvalue weighted by molar-refractivity contribution is 0.00192. The average Bonchev–Trinajstić information content (AvgIpc) is 2.97. The normalized spacial score (nSPS) is 34.1. The second kappa shape index (κ2) is 6.02. The van der Waals surface area contributed by atoms with Gasteiger partial charge in [-0.1, -0.05) is 13.8 Å². The minimum Gasteiger partial charge on any atom is -0.329 e. The molecule has 0 aromatic carbocycles. The fraction of sp³-hybridized carbons (Fsp3) is 0.778. The summed E-state index contributed by atoms with van der Waals surface area (Å²) in [6.07, 6.45) is 6.50. The molecule has 0 amide bonds. The van der Waals surface area contributed by atoms with E-state index in [4.69, 9.17) is 5.73 Å². The van der Waals surface area contributed by atoms with E-state index in [2.05, 4.69) is 37.1 Å². The number of nitrogens with zero attached hydrogens (tertiary/aromatic N) is 1. The molecule has 2 nitrogen and oxygen atoms in total. The number of fused-ring (bicyclic) bond motifs is 1. The smallest absolute Gasteiger partial charge is 0.0338 e. The molecule has 0 saturated heterocycles. The first-order valence-electron chi connectivity index (χ1n) is 8.60. The van der Waals surface area contributed by atoms with Crippen molar-refractivity contribution in [2.45, 2.75) is 64.5 Å². The number of rotatable bonds is 3. The molecule has 2 N–H and O–H groups in total. The highest BCUT2D eigenvalue weighted by Gasteiger charge is 2.43. The highest BCUT2D eigenvalue weighted by Crippen LogP contribution is 2.44. The van der Waals surface area contributed by atoms with E-state index < -0.39 is 0 Å². The van der Waals surface area contributed by atoms with E-state index in [0.29, 0.717) is 6.04 Å². The molecule has 1 aliphatic heterocycles. The van der Waals surface area contributed by atoms with Gasteiger partial charge in [0.15, 0.2) is 0 Å². The Balaban J connectivity index is 1.78. The van der Waals surface area contributed by atoms with Crippen molar-refractivity contribution < 1.29 is 0 Å². The maximum absolute atomic E-state index is 6.31. The van der Waals surface area contributed by atoms with Crippen molar-refractivity contribution >= 4 is 11.3 Å². The van der Waals surface area contributed by atoms with Gasteiger partial charge in [-0.25, -0.2) is 0 Å². The molecular formula is C18H30N2S. The molecule has 21 heavy (non-hydrogen) atoms. The molecular weight excluding hydrogens is 276 g/mol. The zero-order chi connectivity index (χ0) is 15.0. The fourth-order valence-corrected chi connectivity index (χ4v) is 5.57. The van der Waals surface area contributed by atoms with Crippen molar-refractivity contribution in [3.63, 3.8) is 0 Å². The van der Waals surface area contributed by atoms with Gasteiger partial charge in [0.2, 0.25) is 0 Å². The standard InChI is InChI=1S/C18H30N2S/c1-13(2)15-4-8-18(12-19,9-5-15)20-10-6-17-16(14(20)3)7-11-21-17/h7,11,13-15H,4-6,8-10,12,19H2,1-3H3. The third-order valence-electron chi connectivity index (χ3n) is 6.17. The van der Waals surface area contributed by atoms with Gasteiger partial charge in [0.25, 0.3) is 0 Å². The first-order chi connectivity index (χ1) is 10.1. The summed E-state index contributed by atoms with van der Waals surface area (Å²) in [7, 11) is 0. The minimum atomic E-state index is 0.254. The van der Waals surface area contributed by atoms with Crippen molar-refractivity contribution in [3.8, 4) is 0 Å². The van der Waals surface area contributed by atoms with Gasteiger partial charge < -0.3 is 5.73 Å². The highest BCUT2D eigenvalue weighted by atomic mass is 32.1. The van der Waals surface area contributed by atoms with Crippen LogP contribution in [0.1, 0.15) is 62.9 Å². The highest BCUT2D eigenvalue weighted by molar-refractivity contribution is 7.10. The molecule has 0 radical (unpaired) electrons. The van der Waals surface area contributed by atoms with Gasteiger partial charge in [0.1, 0.15) is 0 Å². The topological polar surface area (TPSA) is 29.3 Å². The first-order valence-corrected chi connectivity index (χ1v) is 9.48. The molecule has 2 heterocycles. The van der Waals surface area contributed by atoms with Gasteiger partial charge >= 0.3 is 0 Å². The maximum atomic E-state index is 6.31. The van der Waals surface area contributed by atoms with Crippen LogP contribution in [0.2, 0.25) is 0 Å². The van der Waals surface area contributed by atoms with Crippen molar-refractivity contribution in [2.75, 3.05) is 13.1 Å². The van der Waals surface area contributed by atoms with E-state index in [1.807, 2.05) is 11.3 Å². The Kier molecular flexibility index (Phi) is 4.45. The van der Waals surface area contributed by atoms with Crippen LogP contribution in [0.3, 0.4) is 0 Å². The summed E-state index contributed by atoms with van der Waals surface area (Å²) in [5.41, 5.74) is 8.12. The summed E-state index contributed by atoms with van der Waals surface area (Å²) in [4.78, 5) is 4.35. The molecule has 0 spiro atoms. The number of hydrogen-bond donors (Lipinski definition) is 1. The lowest BCUT2D eigenvalue weighted by atomic mass is 9.71. The van der Waals surface area contributed by atoms with Crippen molar-refractivity contribution in [1.29, 1.82) is 0 Å². The second-order valence-corrected chi connectivity index (χ2v) is 8.43. The Hall–Kier alpha value is -0.380. The zero-order valence-electron chi connectivity index (χ0n) is 13.8. The summed E-state index contributed by atoms with van der Waals surface area (Å²) in [5, 5.41) is 2.26. The molecule has 1 aliphatic carbocycles. The molecule has 3 rings (SSSR count). The van der Waals surface area contributed by atoms with Crippen LogP contribution in [0.25, 0.3) is 0 Å². The van der Waals surface area contributed by atoms with Crippen molar-refractivity contribution in [2.24, 2.45) is 17.6 Å². The quantitative estimate of drug-likeness (QED) is 0.906. The fourth-order valence-electron chi connectivity index (χ4n) is 4.61. The number of thiophene rings is 1. The van der Waals surface area contributed by atoms with Crippen LogP contribution in [0.4, 0.5) is 0 Å². The van der Waals surface area contributed by atoms with Crippen molar-refractivity contribution in [1.82, 2.24) is 4.90 Å². The molecule has 1 unspecified atom stereocenters. The number of nitrogens with two attached hydrogens (primary N) is 1. The average molecular weight is 307 g/mol. The molecule has 1 atom stereocenters. The minimum absolute atomic E-state index is 0.254. The molecule has 2 aliphatic rings. The molecule has 3 heteroatoms. The van der Waals surface area contributed by atoms with Crippen LogP contribution in [0.5, 0.6) is 0 Å². The van der Waals surface area contributed by atoms with E-state index in [0.717, 1.165) is 18.4 Å². The van der Waals surface area contributed by atoms with Gasteiger partial charge in [-0.05, 0) is 67.9 Å². The number of hydrogen-bond acceptors (Lipinski definition) is 3. The van der Waals surface area contributed by atoms with Crippen LogP contribution in [-0.4, -0.2) is 23.5 Å². The third kappa shape index (κ3) is 2.69. The van der Waals surface area contributed by atoms with E-state index in [1.165, 1.54) is 38.6 Å². The lowest BCUT2D eigenvalue weighted by Gasteiger charge is -2.52. The molecule has 1 aromatic rings. The van der Waals surface area contributed by atoms with E-state index in [-0.39, 0.29) is 5.54 Å². The van der Waals surface area contributed by atoms with E-state index in [9.17, 15) is 0 Å². The lowest BCUT2D eigenvalue weighted by Crippen LogP contribution is -2.58. The molecule has 0 bridgehead atoms. The summed E-state index contributed by atoms with van der Waals surface area (Å²) < 4.78 is 0. The van der Waals surface area contributed by atoms with Crippen LogP contribution >= 0.6 is 11.3 Å². The zero-order valence-corrected chi connectivity index (χ0v) is 14.6. The second-order valence-electron chi connectivity index (χ2n) is 7.43.